The molecule has 3 nitrogen and oxygen atoms in total. The normalized spacial score (nSPS) is 12.0. The van der Waals surface area contributed by atoms with Crippen LogP contribution in [0, 0.1) is 0 Å². The van der Waals surface area contributed by atoms with E-state index in [0.717, 1.165) is 19.0 Å². The molecule has 0 aliphatic carbocycles. The Morgan fingerprint density at radius 3 is 1.88 bits per heavy atom. The van der Waals surface area contributed by atoms with Crippen molar-refractivity contribution >= 4 is 11.8 Å². The number of rotatable bonds is 12. The number of hydrogen-bond acceptors (Lipinski definition) is 4. The lowest BCUT2D eigenvalue weighted by Gasteiger charge is -2.21. The van der Waals surface area contributed by atoms with Gasteiger partial charge in [0.05, 0.1) is 33.0 Å². The fourth-order valence-corrected chi connectivity index (χ4v) is 2.02. The largest absolute Gasteiger partial charge is 0.379 e. The lowest BCUT2D eigenvalue weighted by atomic mass is 10.1. The molecule has 0 N–H and O–H groups in total. The van der Waals surface area contributed by atoms with E-state index in [9.17, 15) is 0 Å². The molecule has 0 aliphatic rings. The molecule has 0 bridgehead atoms. The lowest BCUT2D eigenvalue weighted by molar-refractivity contribution is 0.0200. The van der Waals surface area contributed by atoms with Crippen LogP contribution in [0.15, 0.2) is 0 Å². The molecule has 0 amide bonds. The summed E-state index contributed by atoms with van der Waals surface area (Å²) in [5.74, 6) is 1.06. The van der Waals surface area contributed by atoms with E-state index >= 15 is 0 Å². The van der Waals surface area contributed by atoms with Crippen molar-refractivity contribution in [3.63, 3.8) is 0 Å². The van der Waals surface area contributed by atoms with Crippen LogP contribution in [0.5, 0.6) is 0 Å². The molecule has 0 fully saturated rings. The summed E-state index contributed by atoms with van der Waals surface area (Å²) >= 11 is 1.97. The number of thioether (sulfide) groups is 1. The Kier molecular flexibility index (Phi) is 11.5. The van der Waals surface area contributed by atoms with Gasteiger partial charge in [0.25, 0.3) is 0 Å². The summed E-state index contributed by atoms with van der Waals surface area (Å²) in [6.07, 6.45) is 1.19. The number of ether oxygens (including phenoxy) is 3. The molecule has 0 aliphatic heterocycles. The second kappa shape index (κ2) is 11.3. The molecule has 104 valence electrons. The molecule has 0 saturated carbocycles. The van der Waals surface area contributed by atoms with Crippen LogP contribution < -0.4 is 0 Å². The van der Waals surface area contributed by atoms with Crippen molar-refractivity contribution in [3.8, 4) is 0 Å². The van der Waals surface area contributed by atoms with Gasteiger partial charge in [-0.15, -0.1) is 0 Å². The third kappa shape index (κ3) is 12.5. The Balaban J connectivity index is 3.09. The fraction of sp³-hybridized carbons (Fsp3) is 1.00. The maximum absolute atomic E-state index is 5.49. The maximum atomic E-state index is 5.49. The van der Waals surface area contributed by atoms with Crippen LogP contribution in [-0.4, -0.2) is 50.1 Å². The molecule has 0 atom stereocenters. The van der Waals surface area contributed by atoms with Gasteiger partial charge in [-0.1, -0.05) is 20.8 Å². The lowest BCUT2D eigenvalue weighted by Crippen LogP contribution is -2.15. The fourth-order valence-electron chi connectivity index (χ4n) is 1.06. The second-order valence-corrected chi connectivity index (χ2v) is 6.19. The van der Waals surface area contributed by atoms with E-state index in [1.807, 2.05) is 18.7 Å². The van der Waals surface area contributed by atoms with Gasteiger partial charge < -0.3 is 14.2 Å². The monoisotopic (exact) mass is 264 g/mol. The summed E-state index contributed by atoms with van der Waals surface area (Å²) in [5.41, 5.74) is 0. The SMILES string of the molecule is CCOCCOCCOCCSC(C)(C)CC. The van der Waals surface area contributed by atoms with Gasteiger partial charge in [-0.05, 0) is 13.3 Å². The van der Waals surface area contributed by atoms with Crippen LogP contribution in [0.3, 0.4) is 0 Å². The third-order valence-electron chi connectivity index (χ3n) is 2.52. The van der Waals surface area contributed by atoms with Gasteiger partial charge in [-0.25, -0.2) is 0 Å². The Labute approximate surface area is 111 Å². The zero-order valence-electron chi connectivity index (χ0n) is 11.8. The third-order valence-corrected chi connectivity index (χ3v) is 3.96. The highest BCUT2D eigenvalue weighted by atomic mass is 32.2. The van der Waals surface area contributed by atoms with Crippen LogP contribution in [0.1, 0.15) is 34.1 Å². The van der Waals surface area contributed by atoms with Crippen LogP contribution >= 0.6 is 11.8 Å². The smallest absolute Gasteiger partial charge is 0.0701 e. The zero-order chi connectivity index (χ0) is 13.0. The standard InChI is InChI=1S/C13H28O3S/c1-5-13(3,4)17-12-11-16-10-9-15-8-7-14-6-2/h5-12H2,1-4H3. The average Bonchev–Trinajstić information content (AvgIpc) is 2.31. The minimum atomic E-state index is 0.372. The predicted octanol–water partition coefficient (Wildman–Crippen LogP) is 2.98. The van der Waals surface area contributed by atoms with E-state index in [4.69, 9.17) is 14.2 Å². The quantitative estimate of drug-likeness (QED) is 0.507. The molecule has 0 aromatic carbocycles. The summed E-state index contributed by atoms with van der Waals surface area (Å²) in [4.78, 5) is 0. The van der Waals surface area contributed by atoms with Gasteiger partial charge >= 0.3 is 0 Å². The van der Waals surface area contributed by atoms with Crippen molar-refractivity contribution < 1.29 is 14.2 Å². The van der Waals surface area contributed by atoms with Crippen molar-refractivity contribution in [2.45, 2.75) is 38.9 Å². The highest BCUT2D eigenvalue weighted by molar-refractivity contribution is 8.00. The Morgan fingerprint density at radius 1 is 0.824 bits per heavy atom. The zero-order valence-corrected chi connectivity index (χ0v) is 12.6. The van der Waals surface area contributed by atoms with E-state index in [1.54, 1.807) is 0 Å². The first kappa shape index (κ1) is 17.2. The minimum absolute atomic E-state index is 0.372. The molecule has 0 aromatic heterocycles. The topological polar surface area (TPSA) is 27.7 Å². The van der Waals surface area contributed by atoms with Crippen molar-refractivity contribution in [2.75, 3.05) is 45.4 Å². The minimum Gasteiger partial charge on any atom is -0.379 e. The molecular formula is C13H28O3S. The summed E-state index contributed by atoms with van der Waals surface area (Å²) in [6.45, 7) is 13.0. The molecule has 0 heterocycles. The summed E-state index contributed by atoms with van der Waals surface area (Å²) in [6, 6.07) is 0. The van der Waals surface area contributed by atoms with E-state index in [1.165, 1.54) is 6.42 Å². The molecule has 17 heavy (non-hydrogen) atoms. The van der Waals surface area contributed by atoms with Crippen molar-refractivity contribution in [2.24, 2.45) is 0 Å². The van der Waals surface area contributed by atoms with E-state index in [2.05, 4.69) is 20.8 Å². The Bertz CT molecular complexity index is 163. The highest BCUT2D eigenvalue weighted by Gasteiger charge is 2.14. The van der Waals surface area contributed by atoms with Gasteiger partial charge in [0, 0.05) is 17.1 Å². The van der Waals surface area contributed by atoms with Gasteiger partial charge in [0.2, 0.25) is 0 Å². The molecular weight excluding hydrogens is 236 g/mol. The van der Waals surface area contributed by atoms with Crippen LogP contribution in [0.4, 0.5) is 0 Å². The Hall–Kier alpha value is 0.230. The van der Waals surface area contributed by atoms with Crippen LogP contribution in [0.2, 0.25) is 0 Å². The van der Waals surface area contributed by atoms with E-state index in [0.29, 0.717) is 31.2 Å². The molecule has 0 spiro atoms. The van der Waals surface area contributed by atoms with Gasteiger partial charge in [-0.3, -0.25) is 0 Å². The van der Waals surface area contributed by atoms with E-state index in [-0.39, 0.29) is 0 Å². The number of hydrogen-bond donors (Lipinski definition) is 0. The summed E-state index contributed by atoms with van der Waals surface area (Å²) < 4.78 is 16.4. The summed E-state index contributed by atoms with van der Waals surface area (Å²) in [7, 11) is 0. The van der Waals surface area contributed by atoms with E-state index < -0.39 is 0 Å². The Morgan fingerprint density at radius 2 is 1.35 bits per heavy atom. The molecule has 0 saturated heterocycles. The molecule has 0 unspecified atom stereocenters. The highest BCUT2D eigenvalue weighted by Crippen LogP contribution is 2.26. The van der Waals surface area contributed by atoms with Crippen molar-refractivity contribution in [1.29, 1.82) is 0 Å². The second-order valence-electron chi connectivity index (χ2n) is 4.38. The van der Waals surface area contributed by atoms with Gasteiger partial charge in [0.1, 0.15) is 0 Å². The van der Waals surface area contributed by atoms with Crippen LogP contribution in [-0.2, 0) is 14.2 Å². The molecule has 0 aromatic rings. The first-order valence-corrected chi connectivity index (χ1v) is 7.48. The van der Waals surface area contributed by atoms with Gasteiger partial charge in [0.15, 0.2) is 0 Å². The van der Waals surface area contributed by atoms with Crippen LogP contribution in [0.25, 0.3) is 0 Å². The summed E-state index contributed by atoms with van der Waals surface area (Å²) in [5, 5.41) is 0. The average molecular weight is 264 g/mol. The first-order valence-electron chi connectivity index (χ1n) is 6.49. The predicted molar refractivity (Wildman–Crippen MR) is 75.0 cm³/mol. The first-order chi connectivity index (χ1) is 8.12. The van der Waals surface area contributed by atoms with Crippen molar-refractivity contribution in [3.05, 3.63) is 0 Å². The molecule has 0 rings (SSSR count). The molecule has 0 radical (unpaired) electrons. The maximum Gasteiger partial charge on any atom is 0.0701 e. The van der Waals surface area contributed by atoms with Gasteiger partial charge in [-0.2, -0.15) is 11.8 Å². The molecule has 4 heteroatoms. The van der Waals surface area contributed by atoms with Crippen molar-refractivity contribution in [1.82, 2.24) is 0 Å².